The van der Waals surface area contributed by atoms with E-state index in [9.17, 15) is 5.11 Å². The molecule has 3 atom stereocenters. The summed E-state index contributed by atoms with van der Waals surface area (Å²) in [5.41, 5.74) is 8.56. The van der Waals surface area contributed by atoms with E-state index in [1.165, 1.54) is 18.4 Å². The van der Waals surface area contributed by atoms with Crippen LogP contribution in [0.4, 0.5) is 0 Å². The first-order valence-corrected chi connectivity index (χ1v) is 6.61. The van der Waals surface area contributed by atoms with Gasteiger partial charge in [-0.15, -0.1) is 0 Å². The lowest BCUT2D eigenvalue weighted by Crippen LogP contribution is -2.45. The fourth-order valence-corrected chi connectivity index (χ4v) is 2.46. The van der Waals surface area contributed by atoms with Crippen LogP contribution in [-0.4, -0.2) is 16.7 Å². The average Bonchev–Trinajstić information content (AvgIpc) is 2.26. The van der Waals surface area contributed by atoms with Crippen molar-refractivity contribution < 1.29 is 5.11 Å². The maximum Gasteiger partial charge on any atom is 0.0745 e. The molecule has 0 saturated carbocycles. The van der Waals surface area contributed by atoms with Crippen LogP contribution in [0.1, 0.15) is 52.9 Å². The molecule has 1 rings (SSSR count). The Morgan fingerprint density at radius 1 is 1.71 bits per heavy atom. The van der Waals surface area contributed by atoms with Gasteiger partial charge in [-0.3, -0.25) is 0 Å². The summed E-state index contributed by atoms with van der Waals surface area (Å²) in [5, 5.41) is 9.76. The zero-order chi connectivity index (χ0) is 13.1. The molecule has 0 radical (unpaired) electrons. The van der Waals surface area contributed by atoms with Crippen LogP contribution in [0, 0.1) is 5.92 Å². The highest BCUT2D eigenvalue weighted by molar-refractivity contribution is 5.07. The van der Waals surface area contributed by atoms with Crippen molar-refractivity contribution >= 4 is 0 Å². The molecule has 0 aromatic heterocycles. The lowest BCUT2D eigenvalue weighted by atomic mass is 9.74. The smallest absolute Gasteiger partial charge is 0.0745 e. The first-order valence-electron chi connectivity index (χ1n) is 6.61. The third kappa shape index (κ3) is 4.29. The molecular weight excluding hydrogens is 210 g/mol. The number of aliphatic hydroxyl groups excluding tert-OH is 1. The van der Waals surface area contributed by atoms with Gasteiger partial charge in [0.25, 0.3) is 0 Å². The molecule has 0 saturated heterocycles. The number of nitrogens with two attached hydrogens (primary N) is 1. The third-order valence-electron chi connectivity index (χ3n) is 4.10. The molecule has 1 aliphatic rings. The topological polar surface area (TPSA) is 46.2 Å². The summed E-state index contributed by atoms with van der Waals surface area (Å²) in [6.07, 6.45) is 6.92. The molecule has 0 aliphatic heterocycles. The Balaban J connectivity index is 2.48. The van der Waals surface area contributed by atoms with Gasteiger partial charge < -0.3 is 10.8 Å². The van der Waals surface area contributed by atoms with E-state index in [0.717, 1.165) is 24.8 Å². The standard InChI is InChI=1S/C15H27NO/c1-11(2)14(17)9-10-15(4,16)13-7-5-12(3)6-8-13/h5,13-14,17H,1,6-10,16H2,2-4H3/t13-,14?,15-/m0/s1. The summed E-state index contributed by atoms with van der Waals surface area (Å²) in [5.74, 6) is 0.545. The lowest BCUT2D eigenvalue weighted by molar-refractivity contribution is 0.166. The summed E-state index contributed by atoms with van der Waals surface area (Å²) in [6, 6.07) is 0. The van der Waals surface area contributed by atoms with Crippen molar-refractivity contribution in [2.75, 3.05) is 0 Å². The van der Waals surface area contributed by atoms with Crippen LogP contribution in [0.15, 0.2) is 23.8 Å². The van der Waals surface area contributed by atoms with Crippen molar-refractivity contribution in [3.05, 3.63) is 23.8 Å². The number of rotatable bonds is 5. The minimum absolute atomic E-state index is 0.173. The highest BCUT2D eigenvalue weighted by atomic mass is 16.3. The second-order valence-electron chi connectivity index (χ2n) is 5.93. The molecule has 0 fully saturated rings. The molecule has 2 heteroatoms. The largest absolute Gasteiger partial charge is 0.389 e. The fourth-order valence-electron chi connectivity index (χ4n) is 2.46. The van der Waals surface area contributed by atoms with E-state index in [4.69, 9.17) is 5.73 Å². The van der Waals surface area contributed by atoms with Gasteiger partial charge in [0.05, 0.1) is 6.10 Å². The fraction of sp³-hybridized carbons (Fsp3) is 0.733. The highest BCUT2D eigenvalue weighted by Gasteiger charge is 2.30. The van der Waals surface area contributed by atoms with Gasteiger partial charge in [-0.05, 0) is 58.8 Å². The molecule has 98 valence electrons. The van der Waals surface area contributed by atoms with Crippen LogP contribution in [-0.2, 0) is 0 Å². The number of hydrogen-bond donors (Lipinski definition) is 2. The van der Waals surface area contributed by atoms with Crippen LogP contribution >= 0.6 is 0 Å². The Labute approximate surface area is 106 Å². The van der Waals surface area contributed by atoms with Gasteiger partial charge in [0.2, 0.25) is 0 Å². The molecule has 0 spiro atoms. The van der Waals surface area contributed by atoms with Gasteiger partial charge in [0.1, 0.15) is 0 Å². The molecule has 2 nitrogen and oxygen atoms in total. The molecule has 0 aromatic carbocycles. The van der Waals surface area contributed by atoms with E-state index in [1.54, 1.807) is 0 Å². The van der Waals surface area contributed by atoms with Gasteiger partial charge in [-0.25, -0.2) is 0 Å². The van der Waals surface area contributed by atoms with Crippen LogP contribution in [0.5, 0.6) is 0 Å². The summed E-state index contributed by atoms with van der Waals surface area (Å²) in [7, 11) is 0. The highest BCUT2D eigenvalue weighted by Crippen LogP contribution is 2.33. The summed E-state index contributed by atoms with van der Waals surface area (Å²) >= 11 is 0. The Morgan fingerprint density at radius 2 is 2.35 bits per heavy atom. The van der Waals surface area contributed by atoms with Crippen molar-refractivity contribution in [1.82, 2.24) is 0 Å². The predicted molar refractivity (Wildman–Crippen MR) is 73.7 cm³/mol. The molecular formula is C15H27NO. The van der Waals surface area contributed by atoms with Crippen LogP contribution in [0.25, 0.3) is 0 Å². The van der Waals surface area contributed by atoms with Gasteiger partial charge in [-0.2, -0.15) is 0 Å². The quantitative estimate of drug-likeness (QED) is 0.721. The minimum atomic E-state index is -0.404. The SMILES string of the molecule is C=C(C)C(O)CC[C@](C)(N)[C@H]1CC=C(C)CC1. The first kappa shape index (κ1) is 14.5. The van der Waals surface area contributed by atoms with Crippen molar-refractivity contribution in [3.63, 3.8) is 0 Å². The van der Waals surface area contributed by atoms with Crippen molar-refractivity contribution in [1.29, 1.82) is 0 Å². The Morgan fingerprint density at radius 3 is 2.82 bits per heavy atom. The van der Waals surface area contributed by atoms with E-state index >= 15 is 0 Å². The number of allylic oxidation sites excluding steroid dienone is 2. The van der Waals surface area contributed by atoms with E-state index < -0.39 is 6.10 Å². The van der Waals surface area contributed by atoms with Crippen molar-refractivity contribution in [2.45, 2.75) is 64.5 Å². The maximum absolute atomic E-state index is 9.76. The molecule has 1 unspecified atom stereocenters. The van der Waals surface area contributed by atoms with Crippen LogP contribution in [0.3, 0.4) is 0 Å². The average molecular weight is 237 g/mol. The molecule has 1 aliphatic carbocycles. The third-order valence-corrected chi connectivity index (χ3v) is 4.10. The second-order valence-corrected chi connectivity index (χ2v) is 5.93. The summed E-state index contributed by atoms with van der Waals surface area (Å²) < 4.78 is 0. The Bertz CT molecular complexity index is 304. The predicted octanol–water partition coefficient (Wildman–Crippen LogP) is 3.17. The van der Waals surface area contributed by atoms with Gasteiger partial charge in [-0.1, -0.05) is 23.8 Å². The van der Waals surface area contributed by atoms with Crippen molar-refractivity contribution in [2.24, 2.45) is 11.7 Å². The number of hydrogen-bond acceptors (Lipinski definition) is 2. The van der Waals surface area contributed by atoms with Gasteiger partial charge in [0.15, 0.2) is 0 Å². The van der Waals surface area contributed by atoms with Crippen molar-refractivity contribution in [3.8, 4) is 0 Å². The van der Waals surface area contributed by atoms with E-state index in [2.05, 4.69) is 26.5 Å². The van der Waals surface area contributed by atoms with Crippen LogP contribution < -0.4 is 5.73 Å². The summed E-state index contributed by atoms with van der Waals surface area (Å²) in [4.78, 5) is 0. The number of aliphatic hydroxyl groups is 1. The van der Waals surface area contributed by atoms with Crippen LogP contribution in [0.2, 0.25) is 0 Å². The van der Waals surface area contributed by atoms with E-state index in [0.29, 0.717) is 5.92 Å². The molecule has 0 bridgehead atoms. The normalized spacial score (nSPS) is 25.9. The molecule has 17 heavy (non-hydrogen) atoms. The maximum atomic E-state index is 9.76. The Hall–Kier alpha value is -0.600. The van der Waals surface area contributed by atoms with Gasteiger partial charge >= 0.3 is 0 Å². The monoisotopic (exact) mass is 237 g/mol. The first-order chi connectivity index (χ1) is 7.83. The molecule has 0 heterocycles. The lowest BCUT2D eigenvalue weighted by Gasteiger charge is -2.36. The van der Waals surface area contributed by atoms with Gasteiger partial charge in [0, 0.05) is 5.54 Å². The molecule has 3 N–H and O–H groups in total. The van der Waals surface area contributed by atoms with E-state index in [1.807, 2.05) is 6.92 Å². The minimum Gasteiger partial charge on any atom is -0.389 e. The zero-order valence-electron chi connectivity index (χ0n) is 11.5. The Kier molecular flexibility index (Phi) is 4.96. The van der Waals surface area contributed by atoms with E-state index in [-0.39, 0.29) is 5.54 Å². The molecule has 0 aromatic rings. The zero-order valence-corrected chi connectivity index (χ0v) is 11.5. The molecule has 0 amide bonds. The summed E-state index contributed by atoms with van der Waals surface area (Å²) in [6.45, 7) is 9.96. The second kappa shape index (κ2) is 5.83.